The van der Waals surface area contributed by atoms with Crippen LogP contribution in [0, 0.1) is 47.3 Å². The minimum absolute atomic E-state index is 1.15. The third-order valence-electron chi connectivity index (χ3n) is 12.5. The third kappa shape index (κ3) is 15.0. The fourth-order valence-electron chi connectivity index (χ4n) is 9.01. The molecule has 240 valence electrons. The molecule has 0 heteroatoms. The maximum Gasteiger partial charge on any atom is -0.0380 e. The number of hydrogen-bond acceptors (Lipinski definition) is 0. The Morgan fingerprint density at radius 1 is 0.268 bits per heavy atom. The van der Waals surface area contributed by atoms with E-state index in [1.807, 2.05) is 0 Å². The van der Waals surface area contributed by atoms with Gasteiger partial charge in [0.25, 0.3) is 0 Å². The van der Waals surface area contributed by atoms with Gasteiger partial charge in [-0.3, -0.25) is 0 Å². The first-order valence-corrected chi connectivity index (χ1v) is 20.3. The SMILES string of the molecule is CCCCCC1CC1CC1CC1CCCCCCCCCCCCCCCCCC1CC1CC1CC1CCCCC. The Labute approximate surface area is 259 Å². The number of rotatable bonds is 30. The molecular weight excluding hydrogens is 492 g/mol. The highest BCUT2D eigenvalue weighted by Gasteiger charge is 2.45. The molecule has 0 bridgehead atoms. The quantitative estimate of drug-likeness (QED) is 0.0756. The average Bonchev–Trinajstić information content (AvgIpc) is 3.80. The van der Waals surface area contributed by atoms with Crippen LogP contribution in [0.25, 0.3) is 0 Å². The summed E-state index contributed by atoms with van der Waals surface area (Å²) in [5.74, 6) is 9.20. The van der Waals surface area contributed by atoms with Crippen LogP contribution in [0.4, 0.5) is 0 Å². The number of unbranched alkanes of at least 4 members (excludes halogenated alkanes) is 18. The fourth-order valence-corrected chi connectivity index (χ4v) is 9.01. The molecule has 4 saturated carbocycles. The van der Waals surface area contributed by atoms with Crippen molar-refractivity contribution in [1.29, 1.82) is 0 Å². The maximum absolute atomic E-state index is 2.34. The first-order valence-electron chi connectivity index (χ1n) is 20.3. The summed E-state index contributed by atoms with van der Waals surface area (Å²) in [4.78, 5) is 0. The third-order valence-corrected chi connectivity index (χ3v) is 12.5. The van der Waals surface area contributed by atoms with E-state index in [2.05, 4.69) is 13.8 Å². The van der Waals surface area contributed by atoms with Gasteiger partial charge in [-0.1, -0.05) is 174 Å². The summed E-state index contributed by atoms with van der Waals surface area (Å²) in [6.45, 7) is 4.68. The first-order chi connectivity index (χ1) is 20.3. The smallest absolute Gasteiger partial charge is 0.0380 e. The van der Waals surface area contributed by atoms with E-state index in [0.29, 0.717) is 0 Å². The first kappa shape index (κ1) is 33.9. The molecule has 4 aliphatic rings. The molecule has 0 N–H and O–H groups in total. The van der Waals surface area contributed by atoms with Crippen LogP contribution in [-0.4, -0.2) is 0 Å². The molecule has 8 atom stereocenters. The molecule has 4 aliphatic carbocycles. The lowest BCUT2D eigenvalue weighted by Gasteiger charge is -2.04. The molecule has 0 heterocycles. The minimum atomic E-state index is 1.15. The van der Waals surface area contributed by atoms with Crippen LogP contribution in [0.5, 0.6) is 0 Å². The normalized spacial score (nSPS) is 31.5. The molecule has 4 rings (SSSR count). The molecule has 0 aliphatic heterocycles. The molecule has 0 aromatic carbocycles. The fraction of sp³-hybridized carbons (Fsp3) is 1.00. The second-order valence-corrected chi connectivity index (χ2v) is 16.4. The van der Waals surface area contributed by atoms with Crippen LogP contribution >= 0.6 is 0 Å². The highest BCUT2D eigenvalue weighted by molar-refractivity contribution is 4.95. The van der Waals surface area contributed by atoms with Gasteiger partial charge in [0.1, 0.15) is 0 Å². The van der Waals surface area contributed by atoms with Crippen molar-refractivity contribution in [3.8, 4) is 0 Å². The van der Waals surface area contributed by atoms with Crippen molar-refractivity contribution in [3.05, 3.63) is 0 Å². The second kappa shape index (κ2) is 20.1. The second-order valence-electron chi connectivity index (χ2n) is 16.4. The molecule has 8 unspecified atom stereocenters. The van der Waals surface area contributed by atoms with Crippen LogP contribution in [-0.2, 0) is 0 Å². The van der Waals surface area contributed by atoms with E-state index in [-0.39, 0.29) is 0 Å². The average molecular weight is 569 g/mol. The van der Waals surface area contributed by atoms with Crippen LogP contribution in [0.1, 0.15) is 213 Å². The highest BCUT2D eigenvalue weighted by atomic mass is 14.5. The van der Waals surface area contributed by atoms with Gasteiger partial charge in [-0.05, 0) is 85.9 Å². The summed E-state index contributed by atoms with van der Waals surface area (Å²) in [7, 11) is 0. The monoisotopic (exact) mass is 569 g/mol. The van der Waals surface area contributed by atoms with Gasteiger partial charge in [0.15, 0.2) is 0 Å². The summed E-state index contributed by atoms with van der Waals surface area (Å²) < 4.78 is 0. The molecule has 0 nitrogen and oxygen atoms in total. The summed E-state index contributed by atoms with van der Waals surface area (Å²) in [5.41, 5.74) is 0. The van der Waals surface area contributed by atoms with Crippen molar-refractivity contribution >= 4 is 0 Å². The van der Waals surface area contributed by atoms with Gasteiger partial charge >= 0.3 is 0 Å². The zero-order chi connectivity index (χ0) is 28.5. The lowest BCUT2D eigenvalue weighted by atomic mass is 10.0. The zero-order valence-corrected chi connectivity index (χ0v) is 28.5. The van der Waals surface area contributed by atoms with E-state index >= 15 is 0 Å². The zero-order valence-electron chi connectivity index (χ0n) is 28.5. The largest absolute Gasteiger partial charge is 0.0654 e. The van der Waals surface area contributed by atoms with Crippen molar-refractivity contribution in [3.63, 3.8) is 0 Å². The van der Waals surface area contributed by atoms with Gasteiger partial charge in [0.05, 0.1) is 0 Å². The predicted octanol–water partition coefficient (Wildman–Crippen LogP) is 14.1. The molecular formula is C41H76. The standard InChI is InChI=1S/C41H76/c1-3-5-20-24-34-28-38(34)32-40-30-36(40)26-22-18-16-14-12-10-8-7-9-11-13-15-17-19-23-27-37-31-41(37)33-39-29-35(39)25-21-6-4-2/h34-41H,3-33H2,1-2H3. The van der Waals surface area contributed by atoms with Gasteiger partial charge in [-0.25, -0.2) is 0 Å². The van der Waals surface area contributed by atoms with E-state index in [9.17, 15) is 0 Å². The number of hydrogen-bond donors (Lipinski definition) is 0. The highest BCUT2D eigenvalue weighted by Crippen LogP contribution is 2.55. The van der Waals surface area contributed by atoms with E-state index < -0.39 is 0 Å². The van der Waals surface area contributed by atoms with E-state index in [4.69, 9.17) is 0 Å². The Balaban J connectivity index is 0.792. The Kier molecular flexibility index (Phi) is 16.6. The Bertz CT molecular complexity index is 582. The van der Waals surface area contributed by atoms with Crippen LogP contribution in [0.3, 0.4) is 0 Å². The molecule has 0 radical (unpaired) electrons. The molecule has 0 saturated heterocycles. The lowest BCUT2D eigenvalue weighted by Crippen LogP contribution is -1.90. The van der Waals surface area contributed by atoms with Gasteiger partial charge in [0, 0.05) is 0 Å². The Morgan fingerprint density at radius 2 is 0.488 bits per heavy atom. The van der Waals surface area contributed by atoms with Gasteiger partial charge in [-0.2, -0.15) is 0 Å². The summed E-state index contributed by atoms with van der Waals surface area (Å²) >= 11 is 0. The van der Waals surface area contributed by atoms with Crippen molar-refractivity contribution in [2.45, 2.75) is 213 Å². The van der Waals surface area contributed by atoms with Crippen LogP contribution < -0.4 is 0 Å². The van der Waals surface area contributed by atoms with Crippen molar-refractivity contribution in [2.75, 3.05) is 0 Å². The van der Waals surface area contributed by atoms with Crippen molar-refractivity contribution < 1.29 is 0 Å². The lowest BCUT2D eigenvalue weighted by molar-refractivity contribution is 0.493. The Hall–Kier alpha value is 0. The molecule has 0 aromatic rings. The topological polar surface area (TPSA) is 0 Å². The summed E-state index contributed by atoms with van der Waals surface area (Å²) in [5, 5.41) is 0. The van der Waals surface area contributed by atoms with Gasteiger partial charge in [0.2, 0.25) is 0 Å². The van der Waals surface area contributed by atoms with Crippen LogP contribution in [0.2, 0.25) is 0 Å². The van der Waals surface area contributed by atoms with E-state index in [1.165, 1.54) is 135 Å². The predicted molar refractivity (Wildman–Crippen MR) is 182 cm³/mol. The van der Waals surface area contributed by atoms with Crippen molar-refractivity contribution in [2.24, 2.45) is 47.3 Å². The molecule has 0 spiro atoms. The van der Waals surface area contributed by atoms with E-state index in [1.54, 1.807) is 64.2 Å². The summed E-state index contributed by atoms with van der Waals surface area (Å²) in [6.07, 6.45) is 47.3. The molecule has 4 fully saturated rings. The van der Waals surface area contributed by atoms with Crippen molar-refractivity contribution in [1.82, 2.24) is 0 Å². The minimum Gasteiger partial charge on any atom is -0.0654 e. The summed E-state index contributed by atoms with van der Waals surface area (Å²) in [6, 6.07) is 0. The molecule has 0 aromatic heterocycles. The Morgan fingerprint density at radius 3 is 0.732 bits per heavy atom. The van der Waals surface area contributed by atoms with Gasteiger partial charge < -0.3 is 0 Å². The van der Waals surface area contributed by atoms with E-state index in [0.717, 1.165) is 47.3 Å². The maximum atomic E-state index is 2.34. The molecule has 0 amide bonds. The van der Waals surface area contributed by atoms with Crippen LogP contribution in [0.15, 0.2) is 0 Å². The van der Waals surface area contributed by atoms with Gasteiger partial charge in [-0.15, -0.1) is 0 Å². The molecule has 41 heavy (non-hydrogen) atoms.